The van der Waals surface area contributed by atoms with Crippen LogP contribution in [0.2, 0.25) is 0 Å². The Bertz CT molecular complexity index is 2600. The Kier molecular flexibility index (Phi) is 12.4. The number of amides is 4. The van der Waals surface area contributed by atoms with Crippen LogP contribution in [0.5, 0.6) is 5.75 Å². The van der Waals surface area contributed by atoms with Crippen molar-refractivity contribution >= 4 is 84.5 Å². The van der Waals surface area contributed by atoms with Crippen LogP contribution in [-0.2, 0) is 34.2 Å². The highest BCUT2D eigenvalue weighted by atomic mass is 32.2. The minimum atomic E-state index is -3.92. The number of aromatic hydroxyl groups is 1. The van der Waals surface area contributed by atoms with Gasteiger partial charge in [-0.2, -0.15) is 0 Å². The fourth-order valence-corrected chi connectivity index (χ4v) is 8.87. The maximum atomic E-state index is 13.8. The number of primary sulfonamides is 1. The van der Waals surface area contributed by atoms with Gasteiger partial charge in [-0.3, -0.25) is 24.3 Å². The molecule has 312 valence electrons. The number of carbonyl (C=O) groups is 4. The molecule has 4 amide bonds. The first kappa shape index (κ1) is 42.4. The van der Waals surface area contributed by atoms with E-state index >= 15 is 0 Å². The number of aromatic nitrogens is 6. The Balaban J connectivity index is 1.11. The predicted molar refractivity (Wildman–Crippen MR) is 211 cm³/mol. The smallest absolute Gasteiger partial charge is 0.352 e. The number of aromatic amines is 1. The van der Waals surface area contributed by atoms with Gasteiger partial charge in [-0.1, -0.05) is 29.0 Å². The second-order valence-corrected chi connectivity index (χ2v) is 18.5. The molecule has 24 nitrogen and oxygen atoms in total. The van der Waals surface area contributed by atoms with E-state index in [1.807, 2.05) is 0 Å². The van der Waals surface area contributed by atoms with Crippen molar-refractivity contribution in [3.63, 3.8) is 0 Å². The molecule has 0 saturated carbocycles. The maximum absolute atomic E-state index is 13.8. The number of benzene rings is 2. The topological polar surface area (TPSA) is 356 Å². The SMILES string of the molecule is CS(=O)(=O)CCNn1nnnc1SCC1=C(C(=O)O)N2C(=O)C(NC(=O)C(NC(=O)Nc3cnc(Nc4ccc(S(N)(=O)=O)cc4)[nH]c3=O)c3ccc(O)cc3)[C@@H]2SC1. The van der Waals surface area contributed by atoms with Crippen LogP contribution < -0.4 is 37.4 Å². The molecule has 0 aliphatic carbocycles. The number of hydrogen-bond acceptors (Lipinski definition) is 18. The van der Waals surface area contributed by atoms with E-state index in [1.165, 1.54) is 60.3 Å². The molecule has 2 aliphatic rings. The molecular formula is C31H33N13O11S4. The summed E-state index contributed by atoms with van der Waals surface area (Å²) in [5.41, 5.74) is 2.22. The van der Waals surface area contributed by atoms with Crippen molar-refractivity contribution in [1.29, 1.82) is 0 Å². The lowest BCUT2D eigenvalue weighted by molar-refractivity contribution is -0.150. The summed E-state index contributed by atoms with van der Waals surface area (Å²) in [6.45, 7) is 0.0116. The zero-order valence-corrected chi connectivity index (χ0v) is 33.5. The van der Waals surface area contributed by atoms with Crippen LogP contribution in [0.3, 0.4) is 0 Å². The molecule has 4 aromatic rings. The van der Waals surface area contributed by atoms with Crippen molar-refractivity contribution < 1.29 is 46.2 Å². The highest BCUT2D eigenvalue weighted by Crippen LogP contribution is 2.41. The lowest BCUT2D eigenvalue weighted by Crippen LogP contribution is -2.71. The number of tetrazole rings is 1. The van der Waals surface area contributed by atoms with E-state index < -0.39 is 66.7 Å². The summed E-state index contributed by atoms with van der Waals surface area (Å²) < 4.78 is 45.9. The minimum absolute atomic E-state index is 0.0116. The molecule has 3 atom stereocenters. The Labute approximate surface area is 341 Å². The highest BCUT2D eigenvalue weighted by Gasteiger charge is 2.54. The summed E-state index contributed by atoms with van der Waals surface area (Å²) in [6.07, 6.45) is 2.10. The number of nitrogens with two attached hydrogens (primary N) is 1. The molecule has 2 unspecified atom stereocenters. The quantitative estimate of drug-likeness (QED) is 0.0473. The predicted octanol–water partition coefficient (Wildman–Crippen LogP) is -1.17. The number of carbonyl (C=O) groups excluding carboxylic acids is 3. The number of hydrogen-bond donors (Lipinski definition) is 9. The van der Waals surface area contributed by atoms with Crippen LogP contribution in [0.1, 0.15) is 11.6 Å². The first-order chi connectivity index (χ1) is 27.9. The molecule has 4 heterocycles. The summed E-state index contributed by atoms with van der Waals surface area (Å²) in [7, 11) is -7.18. The van der Waals surface area contributed by atoms with Crippen molar-refractivity contribution in [1.82, 2.24) is 45.8 Å². The van der Waals surface area contributed by atoms with Gasteiger partial charge in [0, 0.05) is 30.0 Å². The van der Waals surface area contributed by atoms with Gasteiger partial charge in [0.2, 0.25) is 27.0 Å². The number of carboxylic acid groups (broad SMARTS) is 1. The van der Waals surface area contributed by atoms with Gasteiger partial charge in [0.15, 0.2) is 0 Å². The number of carboxylic acids is 1. The van der Waals surface area contributed by atoms with Crippen molar-refractivity contribution in [2.24, 2.45) is 5.14 Å². The number of phenolic OH excluding ortho intramolecular Hbond substituents is 1. The van der Waals surface area contributed by atoms with Gasteiger partial charge >= 0.3 is 12.0 Å². The van der Waals surface area contributed by atoms with Gasteiger partial charge in [-0.05, 0) is 58.0 Å². The number of fused-ring (bicyclic) bond motifs is 1. The van der Waals surface area contributed by atoms with Crippen molar-refractivity contribution in [2.45, 2.75) is 27.5 Å². The zero-order valence-electron chi connectivity index (χ0n) is 30.2. The normalized spacial score (nSPS) is 17.0. The largest absolute Gasteiger partial charge is 0.508 e. The third kappa shape index (κ3) is 10.3. The van der Waals surface area contributed by atoms with E-state index in [0.29, 0.717) is 11.3 Å². The third-order valence-corrected chi connectivity index (χ3v) is 12.6. The summed E-state index contributed by atoms with van der Waals surface area (Å²) in [5, 5.41) is 45.7. The zero-order chi connectivity index (χ0) is 42.6. The van der Waals surface area contributed by atoms with Gasteiger partial charge in [0.25, 0.3) is 11.5 Å². The Morgan fingerprint density at radius 1 is 1.08 bits per heavy atom. The highest BCUT2D eigenvalue weighted by molar-refractivity contribution is 8.01. The number of aliphatic carboxylic acids is 1. The fourth-order valence-electron chi connectivity index (χ4n) is 5.56. The van der Waals surface area contributed by atoms with E-state index in [-0.39, 0.29) is 62.5 Å². The first-order valence-electron chi connectivity index (χ1n) is 16.8. The molecule has 0 spiro atoms. The first-order valence-corrected chi connectivity index (χ1v) is 22.4. The van der Waals surface area contributed by atoms with Crippen LogP contribution in [0.25, 0.3) is 0 Å². The minimum Gasteiger partial charge on any atom is -0.508 e. The molecule has 1 saturated heterocycles. The molecule has 6 rings (SSSR count). The Hall–Kier alpha value is -6.23. The number of H-pyrrole nitrogens is 1. The summed E-state index contributed by atoms with van der Waals surface area (Å²) in [5.74, 6) is -3.19. The third-order valence-electron chi connectivity index (χ3n) is 8.36. The van der Waals surface area contributed by atoms with Crippen LogP contribution in [-0.4, -0.2) is 128 Å². The van der Waals surface area contributed by atoms with E-state index in [1.54, 1.807) is 0 Å². The van der Waals surface area contributed by atoms with Gasteiger partial charge in [0.05, 0.1) is 16.8 Å². The monoisotopic (exact) mass is 891 g/mol. The Morgan fingerprint density at radius 2 is 1.80 bits per heavy atom. The fraction of sp³-hybridized carbons (Fsp3) is 0.258. The summed E-state index contributed by atoms with van der Waals surface area (Å²) >= 11 is 2.24. The number of anilines is 3. The van der Waals surface area contributed by atoms with Gasteiger partial charge < -0.3 is 36.9 Å². The number of β-lactam (4-membered cyclic amide) rings is 1. The molecule has 2 aromatic carbocycles. The second-order valence-electron chi connectivity index (χ2n) is 12.6. The van der Waals surface area contributed by atoms with Gasteiger partial charge in [-0.15, -0.1) is 16.6 Å². The second kappa shape index (κ2) is 17.3. The molecule has 28 heteroatoms. The van der Waals surface area contributed by atoms with Crippen molar-refractivity contribution in [3.8, 4) is 5.75 Å². The van der Waals surface area contributed by atoms with E-state index in [2.05, 4.69) is 52.2 Å². The molecular weight excluding hydrogens is 859 g/mol. The maximum Gasteiger partial charge on any atom is 0.352 e. The number of phenols is 1. The molecule has 0 bridgehead atoms. The van der Waals surface area contributed by atoms with Gasteiger partial charge in [0.1, 0.15) is 44.4 Å². The summed E-state index contributed by atoms with van der Waals surface area (Å²) in [4.78, 5) is 74.2. The van der Waals surface area contributed by atoms with E-state index in [0.717, 1.165) is 33.9 Å². The molecule has 59 heavy (non-hydrogen) atoms. The molecule has 0 radical (unpaired) electrons. The lowest BCUT2D eigenvalue weighted by atomic mass is 10.0. The number of nitrogens with one attached hydrogen (secondary N) is 6. The molecule has 10 N–H and O–H groups in total. The van der Waals surface area contributed by atoms with Crippen molar-refractivity contribution in [3.05, 3.63) is 81.9 Å². The van der Waals surface area contributed by atoms with Crippen LogP contribution in [0, 0.1) is 0 Å². The molecule has 1 fully saturated rings. The standard InChI is InChI=1S/C31H33N13O11S4/c1-58(52,53)11-10-34-44-31(40-41-42-44)57-14-16-13-56-27-22(26(48)43(27)23(16)28(49)50)37-25(47)21(15-2-6-18(45)7-3-15)38-30(51)36-20-12-33-29(39-24(20)46)35-17-4-8-19(9-5-17)59(32,54)55/h2-9,12,21-22,27,34,45H,10-11,13-14H2,1H3,(H,37,47)(H,49,50)(H2,32,54,55)(H2,36,38,51)(H2,33,35,39,46)/t21?,22?,27-/m0/s1. The number of rotatable bonds is 16. The number of nitrogens with zero attached hydrogens (tertiary/aromatic N) is 6. The van der Waals surface area contributed by atoms with Crippen LogP contribution in [0.4, 0.5) is 22.1 Å². The van der Waals surface area contributed by atoms with Gasteiger partial charge in [-0.25, -0.2) is 36.5 Å². The summed E-state index contributed by atoms with van der Waals surface area (Å²) in [6, 6.07) is 6.76. The average molecular weight is 892 g/mol. The molecule has 2 aliphatic heterocycles. The van der Waals surface area contributed by atoms with E-state index in [4.69, 9.17) is 5.14 Å². The number of urea groups is 1. The average Bonchev–Trinajstić information content (AvgIpc) is 3.62. The molecule has 2 aromatic heterocycles. The van der Waals surface area contributed by atoms with E-state index in [9.17, 15) is 51.0 Å². The lowest BCUT2D eigenvalue weighted by Gasteiger charge is -2.49. The van der Waals surface area contributed by atoms with Crippen LogP contribution in [0.15, 0.2) is 80.8 Å². The van der Waals surface area contributed by atoms with Crippen molar-refractivity contribution in [2.75, 3.05) is 46.1 Å². The van der Waals surface area contributed by atoms with Crippen LogP contribution >= 0.6 is 23.5 Å². The number of thioether (sulfide) groups is 2. The number of sulfonamides is 1. The Morgan fingerprint density at radius 3 is 2.44 bits per heavy atom. The number of sulfone groups is 1.